The van der Waals surface area contributed by atoms with Crippen LogP contribution in [0, 0.1) is 6.92 Å². The number of H-pyrrole nitrogens is 1. The zero-order valence-electron chi connectivity index (χ0n) is 9.86. The highest BCUT2D eigenvalue weighted by Gasteiger charge is 2.21. The molecule has 3 N–H and O–H groups in total. The number of nitrogens with one attached hydrogen (secondary N) is 3. The summed E-state index contributed by atoms with van der Waals surface area (Å²) in [6.07, 6.45) is 3.64. The molecule has 0 aliphatic carbocycles. The highest BCUT2D eigenvalue weighted by Crippen LogP contribution is 2.08. The van der Waals surface area contributed by atoms with E-state index >= 15 is 0 Å². The van der Waals surface area contributed by atoms with Crippen LogP contribution in [0.3, 0.4) is 0 Å². The fraction of sp³-hybridized carbons (Fsp3) is 0.700. The van der Waals surface area contributed by atoms with E-state index < -0.39 is 10.0 Å². The third-order valence-corrected chi connectivity index (χ3v) is 4.43. The first-order valence-electron chi connectivity index (χ1n) is 5.76. The monoisotopic (exact) mass is 258 g/mol. The summed E-state index contributed by atoms with van der Waals surface area (Å²) in [5.41, 5.74) is 1.78. The van der Waals surface area contributed by atoms with Crippen LogP contribution in [0.15, 0.2) is 6.20 Å². The Morgan fingerprint density at radius 3 is 3.00 bits per heavy atom. The third kappa shape index (κ3) is 3.52. The molecule has 17 heavy (non-hydrogen) atoms. The Morgan fingerprint density at radius 1 is 1.59 bits per heavy atom. The van der Waals surface area contributed by atoms with E-state index in [1.165, 1.54) is 0 Å². The predicted octanol–water partition coefficient (Wildman–Crippen LogP) is -0.110. The molecule has 0 aromatic carbocycles. The number of hydrogen-bond donors (Lipinski definition) is 3. The molecule has 1 aromatic heterocycles. The van der Waals surface area contributed by atoms with Crippen LogP contribution in [0.1, 0.15) is 24.1 Å². The second kappa shape index (κ2) is 5.16. The first kappa shape index (κ1) is 12.5. The van der Waals surface area contributed by atoms with Crippen LogP contribution in [0.4, 0.5) is 0 Å². The summed E-state index contributed by atoms with van der Waals surface area (Å²) in [5.74, 6) is 0.157. The Bertz CT molecular complexity index is 462. The Hall–Kier alpha value is -0.920. The maximum atomic E-state index is 11.8. The number of sulfonamides is 1. The van der Waals surface area contributed by atoms with Gasteiger partial charge in [0.25, 0.3) is 0 Å². The van der Waals surface area contributed by atoms with Crippen molar-refractivity contribution < 1.29 is 8.42 Å². The van der Waals surface area contributed by atoms with Gasteiger partial charge in [0.05, 0.1) is 11.9 Å². The van der Waals surface area contributed by atoms with E-state index in [-0.39, 0.29) is 11.8 Å². The van der Waals surface area contributed by atoms with Gasteiger partial charge in [0.2, 0.25) is 10.0 Å². The van der Waals surface area contributed by atoms with Crippen molar-refractivity contribution in [3.05, 3.63) is 17.5 Å². The molecule has 1 aliphatic rings. The molecule has 0 amide bonds. The molecule has 1 aromatic rings. The van der Waals surface area contributed by atoms with Crippen molar-refractivity contribution in [3.8, 4) is 0 Å². The summed E-state index contributed by atoms with van der Waals surface area (Å²) in [6.45, 7) is 3.09. The van der Waals surface area contributed by atoms with Gasteiger partial charge < -0.3 is 5.32 Å². The SMILES string of the molecule is Cc1[nH]ncc1CNS(=O)(=O)CC1CCCN1. The summed E-state index contributed by atoms with van der Waals surface area (Å²) < 4.78 is 26.2. The van der Waals surface area contributed by atoms with Crippen LogP contribution < -0.4 is 10.0 Å². The van der Waals surface area contributed by atoms with Crippen LogP contribution >= 0.6 is 0 Å². The summed E-state index contributed by atoms with van der Waals surface area (Å²) in [6, 6.07) is 0.0953. The van der Waals surface area contributed by atoms with Crippen LogP contribution in [-0.2, 0) is 16.6 Å². The van der Waals surface area contributed by atoms with Crippen LogP contribution in [0.2, 0.25) is 0 Å². The molecule has 1 unspecified atom stereocenters. The molecule has 0 bridgehead atoms. The molecule has 1 aliphatic heterocycles. The molecule has 2 rings (SSSR count). The second-order valence-corrected chi connectivity index (χ2v) is 6.27. The maximum Gasteiger partial charge on any atom is 0.213 e. The number of aryl methyl sites for hydroxylation is 1. The van der Waals surface area contributed by atoms with Gasteiger partial charge in [-0.3, -0.25) is 5.10 Å². The highest BCUT2D eigenvalue weighted by molar-refractivity contribution is 7.89. The number of aromatic amines is 1. The number of aromatic nitrogens is 2. The fourth-order valence-corrected chi connectivity index (χ4v) is 3.27. The predicted molar refractivity (Wildman–Crippen MR) is 65.0 cm³/mol. The Balaban J connectivity index is 1.87. The zero-order chi connectivity index (χ0) is 12.3. The molecule has 96 valence electrons. The smallest absolute Gasteiger partial charge is 0.213 e. The zero-order valence-corrected chi connectivity index (χ0v) is 10.7. The number of rotatable bonds is 5. The summed E-state index contributed by atoms with van der Waals surface area (Å²) in [5, 5.41) is 9.81. The minimum Gasteiger partial charge on any atom is -0.313 e. The lowest BCUT2D eigenvalue weighted by Crippen LogP contribution is -2.36. The van der Waals surface area contributed by atoms with Gasteiger partial charge in [0.1, 0.15) is 0 Å². The van der Waals surface area contributed by atoms with Gasteiger partial charge in [0, 0.05) is 23.8 Å². The van der Waals surface area contributed by atoms with Crippen LogP contribution in [0.5, 0.6) is 0 Å². The molecular weight excluding hydrogens is 240 g/mol. The van der Waals surface area contributed by atoms with E-state index in [4.69, 9.17) is 0 Å². The van der Waals surface area contributed by atoms with E-state index in [1.807, 2.05) is 6.92 Å². The summed E-state index contributed by atoms with van der Waals surface area (Å²) >= 11 is 0. The standard InChI is InChI=1S/C10H18N4O2S/c1-8-9(5-12-14-8)6-13-17(15,16)7-10-3-2-4-11-10/h5,10-11,13H,2-4,6-7H2,1H3,(H,12,14). The first-order valence-corrected chi connectivity index (χ1v) is 7.41. The lowest BCUT2D eigenvalue weighted by molar-refractivity contribution is 0.563. The molecule has 2 heterocycles. The Morgan fingerprint density at radius 2 is 2.41 bits per heavy atom. The topological polar surface area (TPSA) is 86.9 Å². The molecule has 0 spiro atoms. The van der Waals surface area contributed by atoms with Gasteiger partial charge in [0.15, 0.2) is 0 Å². The van der Waals surface area contributed by atoms with Crippen molar-refractivity contribution in [2.75, 3.05) is 12.3 Å². The minimum absolute atomic E-state index is 0.0953. The van der Waals surface area contributed by atoms with Gasteiger partial charge in [-0.1, -0.05) is 0 Å². The van der Waals surface area contributed by atoms with Gasteiger partial charge >= 0.3 is 0 Å². The number of hydrogen-bond acceptors (Lipinski definition) is 4. The van der Waals surface area contributed by atoms with Gasteiger partial charge in [-0.25, -0.2) is 13.1 Å². The van der Waals surface area contributed by atoms with Crippen molar-refractivity contribution in [1.29, 1.82) is 0 Å². The van der Waals surface area contributed by atoms with Crippen molar-refractivity contribution >= 4 is 10.0 Å². The maximum absolute atomic E-state index is 11.8. The van der Waals surface area contributed by atoms with E-state index in [1.54, 1.807) is 6.20 Å². The molecule has 0 saturated carbocycles. The Labute approximate surface area is 101 Å². The van der Waals surface area contributed by atoms with E-state index in [0.29, 0.717) is 6.54 Å². The van der Waals surface area contributed by atoms with Gasteiger partial charge in [-0.2, -0.15) is 5.10 Å². The normalized spacial score (nSPS) is 20.9. The highest BCUT2D eigenvalue weighted by atomic mass is 32.2. The molecule has 0 radical (unpaired) electrons. The van der Waals surface area contributed by atoms with Crippen molar-refractivity contribution in [3.63, 3.8) is 0 Å². The molecule has 7 heteroatoms. The summed E-state index contributed by atoms with van der Waals surface area (Å²) in [4.78, 5) is 0. The third-order valence-electron chi connectivity index (χ3n) is 3.00. The van der Waals surface area contributed by atoms with Crippen molar-refractivity contribution in [2.24, 2.45) is 0 Å². The number of nitrogens with zero attached hydrogens (tertiary/aromatic N) is 1. The van der Waals surface area contributed by atoms with E-state index in [0.717, 1.165) is 30.6 Å². The van der Waals surface area contributed by atoms with Crippen molar-refractivity contribution in [2.45, 2.75) is 32.4 Å². The lowest BCUT2D eigenvalue weighted by atomic mass is 10.3. The molecule has 1 saturated heterocycles. The molecule has 6 nitrogen and oxygen atoms in total. The largest absolute Gasteiger partial charge is 0.313 e. The average Bonchev–Trinajstić information content (AvgIpc) is 2.87. The molecule has 1 atom stereocenters. The van der Waals surface area contributed by atoms with Gasteiger partial charge in [-0.15, -0.1) is 0 Å². The van der Waals surface area contributed by atoms with Crippen LogP contribution in [-0.4, -0.2) is 37.0 Å². The van der Waals surface area contributed by atoms with E-state index in [2.05, 4.69) is 20.2 Å². The first-order chi connectivity index (χ1) is 8.07. The Kier molecular flexibility index (Phi) is 3.80. The molecule has 1 fully saturated rings. The minimum atomic E-state index is -3.21. The summed E-state index contributed by atoms with van der Waals surface area (Å²) in [7, 11) is -3.21. The fourth-order valence-electron chi connectivity index (χ4n) is 1.96. The van der Waals surface area contributed by atoms with Crippen LogP contribution in [0.25, 0.3) is 0 Å². The van der Waals surface area contributed by atoms with E-state index in [9.17, 15) is 8.42 Å². The lowest BCUT2D eigenvalue weighted by Gasteiger charge is -2.11. The second-order valence-electron chi connectivity index (χ2n) is 4.42. The molecular formula is C10H18N4O2S. The van der Waals surface area contributed by atoms with Gasteiger partial charge in [-0.05, 0) is 26.3 Å². The quantitative estimate of drug-likeness (QED) is 0.688. The van der Waals surface area contributed by atoms with Crippen molar-refractivity contribution in [1.82, 2.24) is 20.2 Å². The average molecular weight is 258 g/mol.